The van der Waals surface area contributed by atoms with Crippen molar-refractivity contribution in [3.05, 3.63) is 10.6 Å². The maximum Gasteiger partial charge on any atom is 2.00 e. The molecular formula is C14H32MgN4+2. The van der Waals surface area contributed by atoms with Gasteiger partial charge in [-0.2, -0.15) is 0 Å². The fraction of sp³-hybridized carbons (Fsp3) is 1.00. The molecule has 0 heterocycles. The van der Waals surface area contributed by atoms with E-state index in [-0.39, 0.29) is 23.1 Å². The van der Waals surface area contributed by atoms with E-state index in [0.717, 1.165) is 25.2 Å². The minimum Gasteiger partial charge on any atom is -0.655 e. The molecule has 0 saturated heterocycles. The van der Waals surface area contributed by atoms with E-state index in [4.69, 9.17) is 0 Å². The summed E-state index contributed by atoms with van der Waals surface area (Å²) in [6, 6.07) is 1.51. The molecule has 0 bridgehead atoms. The molecule has 2 N–H and O–H groups in total. The quantitative estimate of drug-likeness (QED) is 0.533. The van der Waals surface area contributed by atoms with Gasteiger partial charge in [-0.05, 0) is 0 Å². The van der Waals surface area contributed by atoms with Crippen LogP contribution in [0.2, 0.25) is 0 Å². The summed E-state index contributed by atoms with van der Waals surface area (Å²) >= 11 is 0. The molecule has 0 aliphatic heterocycles. The van der Waals surface area contributed by atoms with E-state index in [9.17, 15) is 0 Å². The van der Waals surface area contributed by atoms with Crippen LogP contribution in [0.25, 0.3) is 10.6 Å². The third kappa shape index (κ3) is 14.8. The minimum absolute atomic E-state index is 0. The maximum atomic E-state index is 4.46. The standard InChI is InChI=1S/2C7H15N2.Mg/c2*1-9(2)6-5-8-7-3-4-7;/h2*7H,3-6H2,1-2H3;/q2*-1;+2/p+2. The van der Waals surface area contributed by atoms with Crippen LogP contribution in [0.5, 0.6) is 0 Å². The van der Waals surface area contributed by atoms with Gasteiger partial charge in [0, 0.05) is 0 Å². The Morgan fingerprint density at radius 2 is 1.05 bits per heavy atom. The van der Waals surface area contributed by atoms with Crippen LogP contribution < -0.4 is 9.80 Å². The van der Waals surface area contributed by atoms with Crippen LogP contribution in [0.3, 0.4) is 0 Å². The first-order valence-corrected chi connectivity index (χ1v) is 7.49. The topological polar surface area (TPSA) is 37.1 Å². The molecule has 2 aliphatic carbocycles. The Hall–Kier alpha value is 0.606. The van der Waals surface area contributed by atoms with Gasteiger partial charge < -0.3 is 20.4 Å². The molecule has 0 atom stereocenters. The fourth-order valence-electron chi connectivity index (χ4n) is 1.46. The SMILES string of the molecule is C[NH+](C)CC[N-]C1CC1.C[NH+](C)CC[N-]C1CC1.[Mg+2]. The molecule has 108 valence electrons. The molecule has 19 heavy (non-hydrogen) atoms. The molecule has 0 amide bonds. The smallest absolute Gasteiger partial charge is 0.655 e. The summed E-state index contributed by atoms with van der Waals surface area (Å²) in [7, 11) is 8.68. The monoisotopic (exact) mass is 280 g/mol. The van der Waals surface area contributed by atoms with Crippen LogP contribution in [-0.4, -0.2) is 89.5 Å². The number of likely N-dealkylation sites (N-methyl/N-ethyl adjacent to an activating group) is 2. The molecule has 0 aromatic heterocycles. The molecule has 0 aromatic rings. The summed E-state index contributed by atoms with van der Waals surface area (Å²) in [4.78, 5) is 3.00. The van der Waals surface area contributed by atoms with E-state index >= 15 is 0 Å². The number of quaternary nitrogens is 2. The van der Waals surface area contributed by atoms with Gasteiger partial charge in [-0.1, -0.05) is 38.8 Å². The van der Waals surface area contributed by atoms with E-state index in [2.05, 4.69) is 38.8 Å². The van der Waals surface area contributed by atoms with Crippen LogP contribution in [-0.2, 0) is 0 Å². The average Bonchev–Trinajstić information content (AvgIpc) is 3.12. The van der Waals surface area contributed by atoms with Gasteiger partial charge in [0.25, 0.3) is 0 Å². The number of hydrogen-bond acceptors (Lipinski definition) is 0. The average molecular weight is 281 g/mol. The normalized spacial score (nSPS) is 18.0. The second-order valence-corrected chi connectivity index (χ2v) is 6.19. The molecule has 0 spiro atoms. The molecular weight excluding hydrogens is 248 g/mol. The van der Waals surface area contributed by atoms with Gasteiger partial charge in [0.05, 0.1) is 41.3 Å². The van der Waals surface area contributed by atoms with Gasteiger partial charge in [0.1, 0.15) is 0 Å². The van der Waals surface area contributed by atoms with Crippen LogP contribution in [0.4, 0.5) is 0 Å². The van der Waals surface area contributed by atoms with Crippen molar-refractivity contribution < 1.29 is 9.80 Å². The predicted octanol–water partition coefficient (Wildman–Crippen LogP) is -1.05. The number of nitrogens with one attached hydrogen (secondary N) is 2. The number of rotatable bonds is 8. The van der Waals surface area contributed by atoms with Crippen molar-refractivity contribution in [3.63, 3.8) is 0 Å². The summed E-state index contributed by atoms with van der Waals surface area (Å²) in [6.07, 6.45) is 5.40. The van der Waals surface area contributed by atoms with E-state index < -0.39 is 0 Å². The first kappa shape index (κ1) is 19.6. The molecule has 4 nitrogen and oxygen atoms in total. The minimum atomic E-state index is 0. The first-order valence-electron chi connectivity index (χ1n) is 7.49. The van der Waals surface area contributed by atoms with E-state index in [1.165, 1.54) is 48.6 Å². The van der Waals surface area contributed by atoms with E-state index in [1.807, 2.05) is 0 Å². The molecule has 2 rings (SSSR count). The Bertz CT molecular complexity index is 178. The Morgan fingerprint density at radius 3 is 1.26 bits per heavy atom. The zero-order valence-corrected chi connectivity index (χ0v) is 14.8. The van der Waals surface area contributed by atoms with Crippen LogP contribution >= 0.6 is 0 Å². The summed E-state index contributed by atoms with van der Waals surface area (Å²) < 4.78 is 0. The molecule has 0 radical (unpaired) electrons. The fourth-order valence-corrected chi connectivity index (χ4v) is 1.46. The molecule has 0 aromatic carbocycles. The second-order valence-electron chi connectivity index (χ2n) is 6.19. The predicted molar refractivity (Wildman–Crippen MR) is 83.6 cm³/mol. The van der Waals surface area contributed by atoms with Gasteiger partial charge in [-0.25, -0.2) is 0 Å². The Morgan fingerprint density at radius 1 is 0.737 bits per heavy atom. The van der Waals surface area contributed by atoms with Crippen molar-refractivity contribution in [2.24, 2.45) is 0 Å². The van der Waals surface area contributed by atoms with E-state index in [0.29, 0.717) is 0 Å². The largest absolute Gasteiger partial charge is 2.00 e. The van der Waals surface area contributed by atoms with Crippen molar-refractivity contribution in [2.75, 3.05) is 54.4 Å². The molecule has 5 heteroatoms. The summed E-state index contributed by atoms with van der Waals surface area (Å²) in [5, 5.41) is 8.91. The molecule has 0 unspecified atom stereocenters. The zero-order chi connectivity index (χ0) is 13.4. The van der Waals surface area contributed by atoms with Gasteiger partial charge in [-0.15, -0.1) is 12.1 Å². The third-order valence-electron chi connectivity index (χ3n) is 3.09. The van der Waals surface area contributed by atoms with Crippen LogP contribution in [0.1, 0.15) is 25.7 Å². The van der Waals surface area contributed by atoms with Crippen molar-refractivity contribution >= 4 is 23.1 Å². The first-order chi connectivity index (χ1) is 8.58. The molecule has 2 aliphatic rings. The van der Waals surface area contributed by atoms with Crippen molar-refractivity contribution in [2.45, 2.75) is 37.8 Å². The second kappa shape index (κ2) is 11.3. The summed E-state index contributed by atoms with van der Waals surface area (Å²) in [5.41, 5.74) is 0. The molecule has 2 fully saturated rings. The van der Waals surface area contributed by atoms with Crippen LogP contribution in [0, 0.1) is 0 Å². The maximum absolute atomic E-state index is 4.46. The Labute approximate surface area is 135 Å². The van der Waals surface area contributed by atoms with Crippen molar-refractivity contribution in [1.29, 1.82) is 0 Å². The van der Waals surface area contributed by atoms with E-state index in [1.54, 1.807) is 0 Å². The zero-order valence-electron chi connectivity index (χ0n) is 13.4. The Kier molecular flexibility index (Phi) is 11.6. The number of nitrogens with zero attached hydrogens (tertiary/aromatic N) is 2. The van der Waals surface area contributed by atoms with Gasteiger partial charge in [0.15, 0.2) is 0 Å². The number of hydrogen-bond donors (Lipinski definition) is 2. The van der Waals surface area contributed by atoms with Crippen molar-refractivity contribution in [1.82, 2.24) is 0 Å². The van der Waals surface area contributed by atoms with Gasteiger partial charge in [0.2, 0.25) is 0 Å². The van der Waals surface area contributed by atoms with Crippen molar-refractivity contribution in [3.8, 4) is 0 Å². The van der Waals surface area contributed by atoms with Crippen LogP contribution in [0.15, 0.2) is 0 Å². The summed E-state index contributed by atoms with van der Waals surface area (Å²) in [6.45, 7) is 4.51. The molecule has 2 saturated carbocycles. The Balaban J connectivity index is 0.000000324. The summed E-state index contributed by atoms with van der Waals surface area (Å²) in [5.74, 6) is 0. The van der Waals surface area contributed by atoms with Gasteiger partial charge >= 0.3 is 23.1 Å². The third-order valence-corrected chi connectivity index (χ3v) is 3.09. The van der Waals surface area contributed by atoms with Gasteiger partial charge in [-0.3, -0.25) is 0 Å².